The van der Waals surface area contributed by atoms with Crippen LogP contribution in [0.15, 0.2) is 48.7 Å². The minimum atomic E-state index is -1.14. The highest BCUT2D eigenvalue weighted by Crippen LogP contribution is 2.37. The average molecular weight is 433 g/mol. The third-order valence-corrected chi connectivity index (χ3v) is 6.53. The van der Waals surface area contributed by atoms with Gasteiger partial charge in [-0.15, -0.1) is 0 Å². The molecule has 0 spiro atoms. The van der Waals surface area contributed by atoms with E-state index in [9.17, 15) is 14.7 Å². The Balaban J connectivity index is 1.26. The lowest BCUT2D eigenvalue weighted by Crippen LogP contribution is -2.53. The Morgan fingerprint density at radius 3 is 2.19 bits per heavy atom. The molecule has 0 radical (unpaired) electrons. The first-order valence-corrected chi connectivity index (χ1v) is 11.2. The van der Waals surface area contributed by atoms with Crippen molar-refractivity contribution in [1.29, 1.82) is 0 Å². The van der Waals surface area contributed by atoms with Gasteiger partial charge in [-0.25, -0.2) is 0 Å². The number of benzene rings is 2. The molecule has 1 aliphatic carbocycles. The maximum Gasteiger partial charge on any atom is 0.254 e. The molecule has 3 aromatic rings. The van der Waals surface area contributed by atoms with Gasteiger partial charge in [0, 0.05) is 43.2 Å². The maximum atomic E-state index is 12.9. The van der Waals surface area contributed by atoms with Crippen LogP contribution in [0.2, 0.25) is 0 Å². The predicted octanol–water partition coefficient (Wildman–Crippen LogP) is 3.09. The largest absolute Gasteiger partial charge is 0.380 e. The van der Waals surface area contributed by atoms with Gasteiger partial charge < -0.3 is 14.9 Å². The zero-order chi connectivity index (χ0) is 22.5. The Hall–Kier alpha value is -3.19. The molecule has 0 unspecified atom stereocenters. The molecule has 1 saturated heterocycles. The Bertz CT molecular complexity index is 1170. The maximum absolute atomic E-state index is 12.9. The predicted molar refractivity (Wildman–Crippen MR) is 122 cm³/mol. The number of hydrogen-bond donors (Lipinski definition) is 1. The highest BCUT2D eigenvalue weighted by Gasteiger charge is 2.50. The monoisotopic (exact) mass is 432 g/mol. The van der Waals surface area contributed by atoms with Gasteiger partial charge in [0.2, 0.25) is 0 Å². The molecule has 32 heavy (non-hydrogen) atoms. The molecular formula is C25H28N4O3. The number of carbonyl (C=O) groups is 2. The number of fused-ring (bicyclic) bond motifs is 1. The van der Waals surface area contributed by atoms with Crippen LogP contribution >= 0.6 is 0 Å². The van der Waals surface area contributed by atoms with E-state index in [1.54, 1.807) is 9.80 Å². The van der Waals surface area contributed by atoms with Gasteiger partial charge in [0.15, 0.2) is 0 Å². The van der Waals surface area contributed by atoms with Crippen LogP contribution in [0.4, 0.5) is 0 Å². The van der Waals surface area contributed by atoms with E-state index in [4.69, 9.17) is 0 Å². The highest BCUT2D eigenvalue weighted by atomic mass is 16.3. The molecule has 0 atom stereocenters. The highest BCUT2D eigenvalue weighted by molar-refractivity contribution is 5.95. The second kappa shape index (κ2) is 7.74. The van der Waals surface area contributed by atoms with Crippen molar-refractivity contribution in [2.75, 3.05) is 26.2 Å². The second-order valence-electron chi connectivity index (χ2n) is 9.15. The molecule has 1 N–H and O–H groups in total. The van der Waals surface area contributed by atoms with Gasteiger partial charge in [-0.2, -0.15) is 5.10 Å². The zero-order valence-corrected chi connectivity index (χ0v) is 18.5. The summed E-state index contributed by atoms with van der Waals surface area (Å²) in [7, 11) is 0. The van der Waals surface area contributed by atoms with Crippen molar-refractivity contribution in [3.63, 3.8) is 0 Å². The molecule has 7 heteroatoms. The molecule has 2 amide bonds. The van der Waals surface area contributed by atoms with Crippen LogP contribution in [0.25, 0.3) is 22.0 Å². The molecule has 0 bridgehead atoms. The number of hydrogen-bond acceptors (Lipinski definition) is 4. The number of rotatable bonds is 4. The normalized spacial score (nSPS) is 17.8. The Morgan fingerprint density at radius 2 is 1.56 bits per heavy atom. The van der Waals surface area contributed by atoms with Crippen molar-refractivity contribution in [2.45, 2.75) is 38.3 Å². The van der Waals surface area contributed by atoms with Gasteiger partial charge in [-0.1, -0.05) is 18.2 Å². The van der Waals surface area contributed by atoms with Crippen LogP contribution in [-0.2, 0) is 4.79 Å². The van der Waals surface area contributed by atoms with Crippen molar-refractivity contribution in [1.82, 2.24) is 19.6 Å². The van der Waals surface area contributed by atoms with Crippen LogP contribution < -0.4 is 0 Å². The molecule has 7 nitrogen and oxygen atoms in total. The van der Waals surface area contributed by atoms with E-state index in [0.717, 1.165) is 22.0 Å². The van der Waals surface area contributed by atoms with Crippen molar-refractivity contribution >= 4 is 22.7 Å². The van der Waals surface area contributed by atoms with Crippen LogP contribution in [0.1, 0.15) is 43.1 Å². The van der Waals surface area contributed by atoms with Crippen LogP contribution in [0.5, 0.6) is 0 Å². The Morgan fingerprint density at radius 1 is 0.938 bits per heavy atom. The SMILES string of the molecule is CC(C)n1ncc2cc(-c3ccc(C(=O)N4CCN(C(=O)C5(O)CC5)CC4)cc3)ccc21. The van der Waals surface area contributed by atoms with Crippen molar-refractivity contribution in [3.05, 3.63) is 54.2 Å². The van der Waals surface area contributed by atoms with Crippen molar-refractivity contribution in [3.8, 4) is 11.1 Å². The van der Waals surface area contributed by atoms with E-state index >= 15 is 0 Å². The summed E-state index contributed by atoms with van der Waals surface area (Å²) >= 11 is 0. The number of piperazine rings is 1. The quantitative estimate of drug-likeness (QED) is 0.687. The molecule has 1 aromatic heterocycles. The molecule has 2 fully saturated rings. The van der Waals surface area contributed by atoms with E-state index in [1.807, 2.05) is 35.1 Å². The third-order valence-electron chi connectivity index (χ3n) is 6.53. The van der Waals surface area contributed by atoms with E-state index in [2.05, 4.69) is 37.1 Å². The standard InChI is InChI=1S/C25H28N4O3/c1-17(2)29-22-8-7-20(15-21(22)16-26-29)18-3-5-19(6-4-18)23(30)27-11-13-28(14-12-27)24(31)25(32)9-10-25/h3-8,15-17,32H,9-14H2,1-2H3. The molecule has 2 aromatic carbocycles. The first-order chi connectivity index (χ1) is 15.4. The van der Waals surface area contributed by atoms with E-state index in [-0.39, 0.29) is 11.8 Å². The summed E-state index contributed by atoms with van der Waals surface area (Å²) in [6, 6.07) is 14.3. The lowest BCUT2D eigenvalue weighted by atomic mass is 10.0. The van der Waals surface area contributed by atoms with Gasteiger partial charge in [0.05, 0.1) is 11.7 Å². The average Bonchev–Trinajstić information content (AvgIpc) is 3.42. The number of amides is 2. The third kappa shape index (κ3) is 3.66. The molecule has 1 saturated carbocycles. The number of aromatic nitrogens is 2. The van der Waals surface area contributed by atoms with Crippen molar-refractivity contribution in [2.24, 2.45) is 0 Å². The smallest absolute Gasteiger partial charge is 0.254 e. The van der Waals surface area contributed by atoms with Crippen LogP contribution in [0.3, 0.4) is 0 Å². The summed E-state index contributed by atoms with van der Waals surface area (Å²) in [6.45, 7) is 6.13. The summed E-state index contributed by atoms with van der Waals surface area (Å²) < 4.78 is 2.01. The second-order valence-corrected chi connectivity index (χ2v) is 9.15. The van der Waals surface area contributed by atoms with E-state index in [0.29, 0.717) is 50.6 Å². The van der Waals surface area contributed by atoms with Gasteiger partial charge in [0.1, 0.15) is 5.60 Å². The lowest BCUT2D eigenvalue weighted by Gasteiger charge is -2.35. The van der Waals surface area contributed by atoms with Crippen molar-refractivity contribution < 1.29 is 14.7 Å². The number of nitrogens with zero attached hydrogens (tertiary/aromatic N) is 4. The Kier molecular flexibility index (Phi) is 5.01. The fraction of sp³-hybridized carbons (Fsp3) is 0.400. The fourth-order valence-electron chi connectivity index (χ4n) is 4.37. The summed E-state index contributed by atoms with van der Waals surface area (Å²) in [5.41, 5.74) is 2.75. The van der Waals surface area contributed by atoms with Gasteiger partial charge in [0.25, 0.3) is 11.8 Å². The topological polar surface area (TPSA) is 78.7 Å². The van der Waals surface area contributed by atoms with Crippen LogP contribution in [-0.4, -0.2) is 68.3 Å². The van der Waals surface area contributed by atoms with Crippen LogP contribution in [0, 0.1) is 0 Å². The Labute approximate surface area is 187 Å². The molecule has 5 rings (SSSR count). The summed E-state index contributed by atoms with van der Waals surface area (Å²) in [5.74, 6) is -0.215. The zero-order valence-electron chi connectivity index (χ0n) is 18.5. The molecule has 2 heterocycles. The molecule has 1 aliphatic heterocycles. The summed E-state index contributed by atoms with van der Waals surface area (Å²) in [5, 5.41) is 15.6. The minimum absolute atomic E-state index is 0.0255. The fourth-order valence-corrected chi connectivity index (χ4v) is 4.37. The lowest BCUT2D eigenvalue weighted by molar-refractivity contribution is -0.143. The van der Waals surface area contributed by atoms with Gasteiger partial charge in [-0.3, -0.25) is 14.3 Å². The summed E-state index contributed by atoms with van der Waals surface area (Å²) in [6.07, 6.45) is 2.98. The number of carbonyl (C=O) groups excluding carboxylic acids is 2. The molecule has 166 valence electrons. The first kappa shape index (κ1) is 20.7. The molecular weight excluding hydrogens is 404 g/mol. The van der Waals surface area contributed by atoms with E-state index in [1.165, 1.54) is 0 Å². The molecule has 2 aliphatic rings. The summed E-state index contributed by atoms with van der Waals surface area (Å²) in [4.78, 5) is 28.7. The van der Waals surface area contributed by atoms with E-state index < -0.39 is 5.60 Å². The van der Waals surface area contributed by atoms with Gasteiger partial charge >= 0.3 is 0 Å². The minimum Gasteiger partial charge on any atom is -0.380 e. The first-order valence-electron chi connectivity index (χ1n) is 11.2. The number of aliphatic hydroxyl groups is 1. The van der Waals surface area contributed by atoms with Gasteiger partial charge in [-0.05, 0) is 62.1 Å².